The zero-order valence-corrected chi connectivity index (χ0v) is 10.7. The maximum atomic E-state index is 10.8. The summed E-state index contributed by atoms with van der Waals surface area (Å²) in [6.07, 6.45) is 4.69. The summed E-state index contributed by atoms with van der Waals surface area (Å²) < 4.78 is 0. The van der Waals surface area contributed by atoms with Crippen molar-refractivity contribution >= 4 is 0 Å². The van der Waals surface area contributed by atoms with Crippen molar-refractivity contribution < 1.29 is 5.11 Å². The molecule has 0 radical (unpaired) electrons. The van der Waals surface area contributed by atoms with Gasteiger partial charge in [0.1, 0.15) is 0 Å². The molecule has 2 nitrogen and oxygen atoms in total. The predicted octanol–water partition coefficient (Wildman–Crippen LogP) is 2.69. The van der Waals surface area contributed by atoms with E-state index >= 15 is 0 Å². The van der Waals surface area contributed by atoms with E-state index in [9.17, 15) is 5.11 Å². The highest BCUT2D eigenvalue weighted by Gasteiger charge is 2.48. The van der Waals surface area contributed by atoms with Gasteiger partial charge < -0.3 is 10.8 Å². The standard InChI is InChI=1S/C13H27NO/c1-5-12(14,6-2)13(15)8-10(3)7-11(4)9-13/h10-11,15H,5-9,14H2,1-4H3. The van der Waals surface area contributed by atoms with Gasteiger partial charge in [-0.25, -0.2) is 0 Å². The number of nitrogens with two attached hydrogens (primary N) is 1. The van der Waals surface area contributed by atoms with Gasteiger partial charge in [0.05, 0.1) is 5.60 Å². The maximum Gasteiger partial charge on any atom is 0.0831 e. The number of hydrogen-bond donors (Lipinski definition) is 2. The van der Waals surface area contributed by atoms with E-state index in [0.29, 0.717) is 11.8 Å². The fourth-order valence-corrected chi connectivity index (χ4v) is 3.40. The Morgan fingerprint density at radius 2 is 1.60 bits per heavy atom. The van der Waals surface area contributed by atoms with Crippen LogP contribution in [0, 0.1) is 11.8 Å². The van der Waals surface area contributed by atoms with Crippen molar-refractivity contribution in [2.45, 2.75) is 70.9 Å². The summed E-state index contributed by atoms with van der Waals surface area (Å²) >= 11 is 0. The topological polar surface area (TPSA) is 46.2 Å². The average molecular weight is 213 g/mol. The lowest BCUT2D eigenvalue weighted by molar-refractivity contribution is -0.0935. The minimum absolute atomic E-state index is 0.393. The lowest BCUT2D eigenvalue weighted by atomic mass is 9.63. The van der Waals surface area contributed by atoms with Crippen molar-refractivity contribution in [1.82, 2.24) is 0 Å². The summed E-state index contributed by atoms with van der Waals surface area (Å²) in [6, 6.07) is 0. The molecule has 0 aromatic heterocycles. The molecule has 2 heteroatoms. The molecule has 90 valence electrons. The first-order valence-electron chi connectivity index (χ1n) is 6.38. The molecule has 15 heavy (non-hydrogen) atoms. The van der Waals surface area contributed by atoms with Gasteiger partial charge >= 0.3 is 0 Å². The molecule has 1 rings (SSSR count). The van der Waals surface area contributed by atoms with E-state index in [4.69, 9.17) is 5.73 Å². The van der Waals surface area contributed by atoms with Crippen LogP contribution in [0.25, 0.3) is 0 Å². The second-order valence-corrected chi connectivity index (χ2v) is 5.75. The third kappa shape index (κ3) is 2.36. The lowest BCUT2D eigenvalue weighted by Crippen LogP contribution is -2.62. The van der Waals surface area contributed by atoms with Gasteiger partial charge in [0, 0.05) is 5.54 Å². The summed E-state index contributed by atoms with van der Waals surface area (Å²) in [5.41, 5.74) is 5.34. The summed E-state index contributed by atoms with van der Waals surface area (Å²) in [5, 5.41) is 10.8. The SMILES string of the molecule is CCC(N)(CC)C1(O)CC(C)CC(C)C1. The fourth-order valence-electron chi connectivity index (χ4n) is 3.40. The van der Waals surface area contributed by atoms with Crippen molar-refractivity contribution in [2.75, 3.05) is 0 Å². The molecule has 0 spiro atoms. The molecule has 0 bridgehead atoms. The summed E-state index contributed by atoms with van der Waals surface area (Å²) in [6.45, 7) is 8.63. The second-order valence-electron chi connectivity index (χ2n) is 5.75. The molecular weight excluding hydrogens is 186 g/mol. The Morgan fingerprint density at radius 3 is 1.93 bits per heavy atom. The van der Waals surface area contributed by atoms with Crippen LogP contribution in [0.15, 0.2) is 0 Å². The molecular formula is C13H27NO. The minimum atomic E-state index is -0.645. The highest BCUT2D eigenvalue weighted by molar-refractivity contribution is 5.05. The molecule has 3 N–H and O–H groups in total. The fraction of sp³-hybridized carbons (Fsp3) is 1.00. The van der Waals surface area contributed by atoms with Crippen LogP contribution >= 0.6 is 0 Å². The van der Waals surface area contributed by atoms with Crippen LogP contribution in [0.4, 0.5) is 0 Å². The molecule has 0 aliphatic heterocycles. The van der Waals surface area contributed by atoms with Crippen LogP contribution in [0.5, 0.6) is 0 Å². The van der Waals surface area contributed by atoms with Crippen LogP contribution < -0.4 is 5.73 Å². The van der Waals surface area contributed by atoms with Gasteiger partial charge in [0.2, 0.25) is 0 Å². The number of hydrogen-bond acceptors (Lipinski definition) is 2. The third-order valence-corrected chi connectivity index (χ3v) is 4.37. The third-order valence-electron chi connectivity index (χ3n) is 4.37. The zero-order valence-electron chi connectivity index (χ0n) is 10.7. The van der Waals surface area contributed by atoms with Crippen LogP contribution in [0.3, 0.4) is 0 Å². The van der Waals surface area contributed by atoms with Gasteiger partial charge in [0.25, 0.3) is 0 Å². The van der Waals surface area contributed by atoms with Gasteiger partial charge in [-0.1, -0.05) is 27.7 Å². The van der Waals surface area contributed by atoms with Gasteiger partial charge in [-0.2, -0.15) is 0 Å². The first-order valence-corrected chi connectivity index (χ1v) is 6.38. The first-order chi connectivity index (χ1) is 6.87. The van der Waals surface area contributed by atoms with Crippen molar-refractivity contribution in [3.05, 3.63) is 0 Å². The van der Waals surface area contributed by atoms with Crippen LogP contribution in [-0.2, 0) is 0 Å². The zero-order chi connectivity index (χ0) is 11.7. The van der Waals surface area contributed by atoms with E-state index < -0.39 is 11.1 Å². The van der Waals surface area contributed by atoms with Crippen LogP contribution in [0.1, 0.15) is 59.8 Å². The maximum absolute atomic E-state index is 10.8. The molecule has 2 unspecified atom stereocenters. The molecule has 1 saturated carbocycles. The Balaban J connectivity index is 2.88. The molecule has 0 heterocycles. The molecule has 1 aliphatic carbocycles. The summed E-state index contributed by atoms with van der Waals surface area (Å²) in [7, 11) is 0. The first kappa shape index (κ1) is 13.0. The van der Waals surface area contributed by atoms with Gasteiger partial charge in [0.15, 0.2) is 0 Å². The monoisotopic (exact) mass is 213 g/mol. The van der Waals surface area contributed by atoms with Crippen LogP contribution in [0.2, 0.25) is 0 Å². The van der Waals surface area contributed by atoms with Crippen molar-refractivity contribution in [1.29, 1.82) is 0 Å². The van der Waals surface area contributed by atoms with Crippen molar-refractivity contribution in [2.24, 2.45) is 17.6 Å². The van der Waals surface area contributed by atoms with Crippen molar-refractivity contribution in [3.8, 4) is 0 Å². The predicted molar refractivity (Wildman–Crippen MR) is 64.6 cm³/mol. The molecule has 0 aromatic rings. The van der Waals surface area contributed by atoms with E-state index in [-0.39, 0.29) is 0 Å². The summed E-state index contributed by atoms with van der Waals surface area (Å²) in [4.78, 5) is 0. The Labute approximate surface area is 94.2 Å². The smallest absolute Gasteiger partial charge is 0.0831 e. The van der Waals surface area contributed by atoms with E-state index in [1.165, 1.54) is 6.42 Å². The molecule has 0 saturated heterocycles. The average Bonchev–Trinajstić information content (AvgIpc) is 2.14. The number of rotatable bonds is 3. The molecule has 1 aliphatic rings. The Kier molecular flexibility index (Phi) is 3.83. The molecule has 0 amide bonds. The van der Waals surface area contributed by atoms with E-state index in [2.05, 4.69) is 27.7 Å². The van der Waals surface area contributed by atoms with E-state index in [1.807, 2.05) is 0 Å². The second kappa shape index (κ2) is 4.42. The highest BCUT2D eigenvalue weighted by Crippen LogP contribution is 2.43. The van der Waals surface area contributed by atoms with E-state index in [1.54, 1.807) is 0 Å². The molecule has 2 atom stereocenters. The summed E-state index contributed by atoms with van der Waals surface area (Å²) in [5.74, 6) is 1.19. The van der Waals surface area contributed by atoms with E-state index in [0.717, 1.165) is 25.7 Å². The van der Waals surface area contributed by atoms with Gasteiger partial charge in [-0.05, 0) is 43.9 Å². The van der Waals surface area contributed by atoms with Gasteiger partial charge in [-0.3, -0.25) is 0 Å². The highest BCUT2D eigenvalue weighted by atomic mass is 16.3. The van der Waals surface area contributed by atoms with Crippen LogP contribution in [-0.4, -0.2) is 16.2 Å². The quantitative estimate of drug-likeness (QED) is 0.757. The minimum Gasteiger partial charge on any atom is -0.388 e. The lowest BCUT2D eigenvalue weighted by Gasteiger charge is -2.50. The molecule has 0 aromatic carbocycles. The Bertz CT molecular complexity index is 201. The number of aliphatic hydroxyl groups is 1. The largest absolute Gasteiger partial charge is 0.388 e. The Hall–Kier alpha value is -0.0800. The Morgan fingerprint density at radius 1 is 1.20 bits per heavy atom. The normalized spacial score (nSPS) is 38.0. The van der Waals surface area contributed by atoms with Crippen molar-refractivity contribution in [3.63, 3.8) is 0 Å². The molecule has 1 fully saturated rings. The van der Waals surface area contributed by atoms with Gasteiger partial charge in [-0.15, -0.1) is 0 Å².